The number of nitrogens with one attached hydrogen (secondary N) is 1. The van der Waals surface area contributed by atoms with Crippen molar-refractivity contribution in [1.29, 1.82) is 5.26 Å². The maximum Gasteiger partial charge on any atom is 0.166 e. The first-order valence-electron chi connectivity index (χ1n) is 5.95. The van der Waals surface area contributed by atoms with Crippen LogP contribution in [0.4, 0.5) is 0 Å². The zero-order valence-electron chi connectivity index (χ0n) is 9.56. The van der Waals surface area contributed by atoms with Gasteiger partial charge < -0.3 is 9.72 Å². The third kappa shape index (κ3) is 1.79. The number of hydrogen-bond donors (Lipinski definition) is 1. The molecule has 2 aromatic rings. The Morgan fingerprint density at radius 1 is 1.53 bits per heavy atom. The van der Waals surface area contributed by atoms with Gasteiger partial charge in [-0.3, -0.25) is 0 Å². The minimum absolute atomic E-state index is 0.534. The molecule has 0 saturated carbocycles. The standard InChI is InChI=1S/C13H14N4/c14-8-11-12-3-1-2-6-17(12)13(16-11)7-10-4-5-15-9-10/h1-3,6,10,15H,4-5,7,9H2. The summed E-state index contributed by atoms with van der Waals surface area (Å²) in [5.74, 6) is 1.65. The van der Waals surface area contributed by atoms with Crippen LogP contribution in [-0.4, -0.2) is 22.5 Å². The van der Waals surface area contributed by atoms with Gasteiger partial charge in [-0.15, -0.1) is 0 Å². The van der Waals surface area contributed by atoms with Gasteiger partial charge in [-0.2, -0.15) is 5.26 Å². The van der Waals surface area contributed by atoms with Crippen molar-refractivity contribution in [3.05, 3.63) is 35.9 Å². The largest absolute Gasteiger partial charge is 0.316 e. The predicted octanol–water partition coefficient (Wildman–Crippen LogP) is 1.36. The molecule has 1 fully saturated rings. The molecule has 3 rings (SSSR count). The van der Waals surface area contributed by atoms with E-state index in [1.807, 2.05) is 28.8 Å². The fraction of sp³-hybridized carbons (Fsp3) is 0.385. The van der Waals surface area contributed by atoms with Crippen LogP contribution in [0.1, 0.15) is 17.9 Å². The number of pyridine rings is 1. The van der Waals surface area contributed by atoms with Crippen LogP contribution in [0.25, 0.3) is 5.52 Å². The van der Waals surface area contributed by atoms with Gasteiger partial charge in [0.25, 0.3) is 0 Å². The number of nitrogens with zero attached hydrogens (tertiary/aromatic N) is 3. The summed E-state index contributed by atoms with van der Waals surface area (Å²) >= 11 is 0. The summed E-state index contributed by atoms with van der Waals surface area (Å²) in [5, 5.41) is 12.4. The number of hydrogen-bond acceptors (Lipinski definition) is 3. The minimum atomic E-state index is 0.534. The summed E-state index contributed by atoms with van der Waals surface area (Å²) in [7, 11) is 0. The molecule has 1 aliphatic rings. The molecule has 4 heteroatoms. The molecule has 0 radical (unpaired) electrons. The van der Waals surface area contributed by atoms with Crippen molar-refractivity contribution in [3.63, 3.8) is 0 Å². The zero-order chi connectivity index (χ0) is 11.7. The van der Waals surface area contributed by atoms with Gasteiger partial charge in [0.1, 0.15) is 11.9 Å². The van der Waals surface area contributed by atoms with E-state index in [1.165, 1.54) is 6.42 Å². The summed E-state index contributed by atoms with van der Waals surface area (Å²) in [6, 6.07) is 8.04. The molecule has 86 valence electrons. The molecule has 1 aliphatic heterocycles. The van der Waals surface area contributed by atoms with Crippen LogP contribution in [0.5, 0.6) is 0 Å². The number of aromatic nitrogens is 2. The van der Waals surface area contributed by atoms with Crippen LogP contribution < -0.4 is 5.32 Å². The Hall–Kier alpha value is -1.86. The molecular weight excluding hydrogens is 212 g/mol. The molecule has 2 aromatic heterocycles. The molecular formula is C13H14N4. The molecule has 0 amide bonds. The first-order valence-corrected chi connectivity index (χ1v) is 5.95. The van der Waals surface area contributed by atoms with Gasteiger partial charge in [0, 0.05) is 12.6 Å². The maximum absolute atomic E-state index is 9.07. The molecule has 1 saturated heterocycles. The van der Waals surface area contributed by atoms with E-state index in [9.17, 15) is 0 Å². The van der Waals surface area contributed by atoms with Crippen LogP contribution >= 0.6 is 0 Å². The number of imidazole rings is 1. The lowest BCUT2D eigenvalue weighted by Crippen LogP contribution is -2.12. The van der Waals surface area contributed by atoms with Gasteiger partial charge in [-0.25, -0.2) is 4.98 Å². The smallest absolute Gasteiger partial charge is 0.166 e. The van der Waals surface area contributed by atoms with E-state index >= 15 is 0 Å². The molecule has 1 unspecified atom stereocenters. The highest BCUT2D eigenvalue weighted by molar-refractivity contribution is 5.58. The van der Waals surface area contributed by atoms with Crippen molar-refractivity contribution in [3.8, 4) is 6.07 Å². The van der Waals surface area contributed by atoms with E-state index in [-0.39, 0.29) is 0 Å². The summed E-state index contributed by atoms with van der Waals surface area (Å²) in [6.07, 6.45) is 4.13. The van der Waals surface area contributed by atoms with Gasteiger partial charge in [-0.05, 0) is 37.6 Å². The lowest BCUT2D eigenvalue weighted by atomic mass is 10.1. The monoisotopic (exact) mass is 226 g/mol. The lowest BCUT2D eigenvalue weighted by molar-refractivity contribution is 0.560. The minimum Gasteiger partial charge on any atom is -0.316 e. The van der Waals surface area contributed by atoms with Gasteiger partial charge in [0.2, 0.25) is 0 Å². The van der Waals surface area contributed by atoms with Crippen LogP contribution in [0.15, 0.2) is 24.4 Å². The number of nitriles is 1. The molecule has 1 N–H and O–H groups in total. The van der Waals surface area contributed by atoms with Gasteiger partial charge in [0.05, 0.1) is 5.52 Å². The van der Waals surface area contributed by atoms with E-state index in [4.69, 9.17) is 5.26 Å². The van der Waals surface area contributed by atoms with E-state index in [1.54, 1.807) is 0 Å². The summed E-state index contributed by atoms with van der Waals surface area (Å²) in [5.41, 5.74) is 1.45. The highest BCUT2D eigenvalue weighted by atomic mass is 15.0. The average molecular weight is 226 g/mol. The van der Waals surface area contributed by atoms with Crippen molar-refractivity contribution in [2.75, 3.05) is 13.1 Å². The van der Waals surface area contributed by atoms with E-state index in [0.717, 1.165) is 30.9 Å². The Kier molecular flexibility index (Phi) is 2.54. The van der Waals surface area contributed by atoms with Crippen molar-refractivity contribution < 1.29 is 0 Å². The van der Waals surface area contributed by atoms with Crippen molar-refractivity contribution in [2.24, 2.45) is 5.92 Å². The summed E-state index contributed by atoms with van der Waals surface area (Å²) in [6.45, 7) is 2.16. The normalized spacial score (nSPS) is 19.6. The van der Waals surface area contributed by atoms with E-state index in [2.05, 4.69) is 16.4 Å². The highest BCUT2D eigenvalue weighted by Crippen LogP contribution is 2.18. The molecule has 0 aliphatic carbocycles. The van der Waals surface area contributed by atoms with Gasteiger partial charge in [-0.1, -0.05) is 6.07 Å². The first kappa shape index (κ1) is 10.3. The predicted molar refractivity (Wildman–Crippen MR) is 64.6 cm³/mol. The van der Waals surface area contributed by atoms with Gasteiger partial charge in [0.15, 0.2) is 5.69 Å². The second-order valence-electron chi connectivity index (χ2n) is 4.51. The Morgan fingerprint density at radius 2 is 2.47 bits per heavy atom. The van der Waals surface area contributed by atoms with Crippen LogP contribution in [0, 0.1) is 17.2 Å². The number of fused-ring (bicyclic) bond motifs is 1. The lowest BCUT2D eigenvalue weighted by Gasteiger charge is -2.06. The molecule has 0 spiro atoms. The Labute approximate surface area is 99.9 Å². The molecule has 4 nitrogen and oxygen atoms in total. The third-order valence-electron chi connectivity index (χ3n) is 3.36. The van der Waals surface area contributed by atoms with Gasteiger partial charge >= 0.3 is 0 Å². The van der Waals surface area contributed by atoms with Crippen molar-refractivity contribution in [1.82, 2.24) is 14.7 Å². The van der Waals surface area contributed by atoms with Crippen LogP contribution in [0.3, 0.4) is 0 Å². The second-order valence-corrected chi connectivity index (χ2v) is 4.51. The first-order chi connectivity index (χ1) is 8.38. The molecule has 17 heavy (non-hydrogen) atoms. The van der Waals surface area contributed by atoms with Crippen LogP contribution in [0.2, 0.25) is 0 Å². The molecule has 1 atom stereocenters. The quantitative estimate of drug-likeness (QED) is 0.841. The Balaban J connectivity index is 2.01. The Bertz CT molecular complexity index is 573. The maximum atomic E-state index is 9.07. The molecule has 0 aromatic carbocycles. The molecule has 0 bridgehead atoms. The van der Waals surface area contributed by atoms with Crippen molar-refractivity contribution in [2.45, 2.75) is 12.8 Å². The second kappa shape index (κ2) is 4.19. The van der Waals surface area contributed by atoms with E-state index < -0.39 is 0 Å². The third-order valence-corrected chi connectivity index (χ3v) is 3.36. The SMILES string of the molecule is N#Cc1nc(CC2CCNC2)n2ccccc12. The van der Waals surface area contributed by atoms with Crippen LogP contribution in [-0.2, 0) is 6.42 Å². The Morgan fingerprint density at radius 3 is 3.24 bits per heavy atom. The number of rotatable bonds is 2. The van der Waals surface area contributed by atoms with Crippen molar-refractivity contribution >= 4 is 5.52 Å². The fourth-order valence-electron chi connectivity index (χ4n) is 2.47. The zero-order valence-corrected chi connectivity index (χ0v) is 9.56. The van der Waals surface area contributed by atoms with E-state index in [0.29, 0.717) is 11.6 Å². The highest BCUT2D eigenvalue weighted by Gasteiger charge is 2.18. The average Bonchev–Trinajstić information content (AvgIpc) is 2.98. The summed E-state index contributed by atoms with van der Waals surface area (Å²) in [4.78, 5) is 4.45. The summed E-state index contributed by atoms with van der Waals surface area (Å²) < 4.78 is 2.04. The fourth-order valence-corrected chi connectivity index (χ4v) is 2.47. The molecule has 3 heterocycles. The topological polar surface area (TPSA) is 53.1 Å².